The van der Waals surface area contributed by atoms with Crippen molar-refractivity contribution in [3.63, 3.8) is 0 Å². The predicted molar refractivity (Wildman–Crippen MR) is 161 cm³/mol. The molecule has 0 atom stereocenters. The zero-order chi connectivity index (χ0) is 27.6. The van der Waals surface area contributed by atoms with Gasteiger partial charge < -0.3 is 14.4 Å². The Morgan fingerprint density at radius 2 is 1.65 bits per heavy atom. The molecule has 1 radical (unpaired) electrons. The zero-order valence-corrected chi connectivity index (χ0v) is 26.6. The Morgan fingerprint density at radius 1 is 0.825 bits per heavy atom. The Labute approximate surface area is 249 Å². The third-order valence-corrected chi connectivity index (χ3v) is 8.74. The minimum Gasteiger partial charge on any atom is -0.501 e. The van der Waals surface area contributed by atoms with Gasteiger partial charge in [-0.2, -0.15) is 0 Å². The Kier molecular flexibility index (Phi) is 9.14. The summed E-state index contributed by atoms with van der Waals surface area (Å²) in [4.78, 5) is 8.98. The summed E-state index contributed by atoms with van der Waals surface area (Å²) in [6.07, 6.45) is 3.82. The van der Waals surface area contributed by atoms with E-state index >= 15 is 0 Å². The maximum atomic E-state index is 13.5. The summed E-state index contributed by atoms with van der Waals surface area (Å²) in [7, 11) is -1.23. The summed E-state index contributed by atoms with van der Waals surface area (Å²) >= 11 is 0. The number of furan rings is 1. The fourth-order valence-corrected chi connectivity index (χ4v) is 5.43. The molecule has 0 unspecified atom stereocenters. The minimum atomic E-state index is -1.23. The summed E-state index contributed by atoms with van der Waals surface area (Å²) in [5, 5.41) is 3.05. The molecule has 0 aliphatic carbocycles. The first-order valence-electron chi connectivity index (χ1n) is 13.1. The van der Waals surface area contributed by atoms with Gasteiger partial charge in [-0.05, 0) is 46.8 Å². The molecule has 0 saturated heterocycles. The normalized spacial score (nSPS) is 11.3. The molecular weight excluding hydrogens is 692 g/mol. The maximum absolute atomic E-state index is 13.5. The van der Waals surface area contributed by atoms with Crippen LogP contribution in [0.1, 0.15) is 25.3 Å². The van der Waals surface area contributed by atoms with Gasteiger partial charge in [-0.3, -0.25) is 0 Å². The van der Waals surface area contributed by atoms with Crippen LogP contribution in [-0.4, -0.2) is 18.0 Å². The van der Waals surface area contributed by atoms with Crippen LogP contribution in [0.3, 0.4) is 0 Å². The molecule has 40 heavy (non-hydrogen) atoms. The van der Waals surface area contributed by atoms with Crippen molar-refractivity contribution in [1.82, 2.24) is 9.97 Å². The average molecular weight is 723 g/mol. The largest absolute Gasteiger partial charge is 0.501 e. The first-order chi connectivity index (χ1) is 18.7. The molecule has 3 aromatic heterocycles. The molecule has 6 rings (SSSR count). The van der Waals surface area contributed by atoms with Gasteiger partial charge in [0.2, 0.25) is 0 Å². The topological polar surface area (TPSA) is 38.9 Å². The zero-order valence-electron chi connectivity index (χ0n) is 23.3. The van der Waals surface area contributed by atoms with E-state index in [2.05, 4.69) is 73.8 Å². The van der Waals surface area contributed by atoms with Gasteiger partial charge in [0.15, 0.2) is 0 Å². The van der Waals surface area contributed by atoms with Crippen LogP contribution in [-0.2, 0) is 20.1 Å². The van der Waals surface area contributed by atoms with E-state index in [1.165, 1.54) is 22.9 Å². The summed E-state index contributed by atoms with van der Waals surface area (Å²) in [6.45, 7) is 11.3. The molecule has 6 heteroatoms. The second kappa shape index (κ2) is 12.4. The molecule has 0 spiro atoms. The number of fused-ring (bicyclic) bond motifs is 3. The van der Waals surface area contributed by atoms with Crippen molar-refractivity contribution in [2.24, 2.45) is 0 Å². The molecule has 0 fully saturated rings. The van der Waals surface area contributed by atoms with E-state index in [0.29, 0.717) is 17.1 Å². The molecule has 205 valence electrons. The summed E-state index contributed by atoms with van der Waals surface area (Å²) < 4.78 is 19.5. The number of benzene rings is 3. The molecule has 0 aliphatic rings. The quantitative estimate of drug-likeness (QED) is 0.135. The third-order valence-electron chi connectivity index (χ3n) is 6.71. The molecule has 3 aromatic carbocycles. The molecule has 3 heterocycles. The van der Waals surface area contributed by atoms with Crippen molar-refractivity contribution in [1.29, 1.82) is 0 Å². The fourth-order valence-electron chi connectivity index (χ4n) is 4.40. The van der Waals surface area contributed by atoms with E-state index in [-0.39, 0.29) is 25.9 Å². The third kappa shape index (κ3) is 6.47. The standard InChI is InChI=1S/C20H15FNO.C14H16NSi.Ir/c1-12(2)13-8-9-22-18(10-13)16-5-3-4-15-17-11-14(21)6-7-19(17)23-20(15)16;1-16(2,3)13-9-10-14(15-11-13)12-7-5-4-6-8-12;/h3-4,6-12H,1-2H3;4-7,9-11H,1-3H3;/q2*-1;. The first-order valence-corrected chi connectivity index (χ1v) is 16.6. The fraction of sp³-hybridized carbons (Fsp3) is 0.176. The van der Waals surface area contributed by atoms with Gasteiger partial charge in [-0.1, -0.05) is 68.2 Å². The molecule has 0 aliphatic heterocycles. The van der Waals surface area contributed by atoms with E-state index in [1.807, 2.05) is 48.7 Å². The van der Waals surface area contributed by atoms with E-state index in [0.717, 1.165) is 33.3 Å². The summed E-state index contributed by atoms with van der Waals surface area (Å²) in [5.41, 5.74) is 6.27. The number of rotatable bonds is 4. The van der Waals surface area contributed by atoms with Gasteiger partial charge in [0, 0.05) is 37.9 Å². The van der Waals surface area contributed by atoms with E-state index in [4.69, 9.17) is 4.42 Å². The Balaban J connectivity index is 0.000000192. The molecule has 0 amide bonds. The number of pyridine rings is 2. The SMILES string of the molecule is CC(C)c1ccnc(-c2[c-]ccc3c2oc2ccc(F)cc23)c1.C[Si](C)(C)c1ccc(-c2[c-]cccc2)nc1.[Ir]. The minimum absolute atomic E-state index is 0. The van der Waals surface area contributed by atoms with E-state index < -0.39 is 8.07 Å². The van der Waals surface area contributed by atoms with Crippen LogP contribution in [0.4, 0.5) is 4.39 Å². The predicted octanol–water partition coefficient (Wildman–Crippen LogP) is 8.80. The molecule has 6 aromatic rings. The van der Waals surface area contributed by atoms with Gasteiger partial charge in [0.25, 0.3) is 0 Å². The van der Waals surface area contributed by atoms with Crippen LogP contribution in [0, 0.1) is 17.9 Å². The van der Waals surface area contributed by atoms with Crippen LogP contribution in [0.25, 0.3) is 44.5 Å². The van der Waals surface area contributed by atoms with Crippen molar-refractivity contribution in [2.75, 3.05) is 0 Å². The number of halogens is 1. The van der Waals surface area contributed by atoms with Crippen molar-refractivity contribution in [2.45, 2.75) is 39.4 Å². The van der Waals surface area contributed by atoms with Gasteiger partial charge in [0.05, 0.1) is 13.7 Å². The van der Waals surface area contributed by atoms with Gasteiger partial charge in [0.1, 0.15) is 11.4 Å². The van der Waals surface area contributed by atoms with E-state index in [1.54, 1.807) is 12.3 Å². The van der Waals surface area contributed by atoms with Crippen LogP contribution >= 0.6 is 0 Å². The number of aromatic nitrogens is 2. The summed E-state index contributed by atoms with van der Waals surface area (Å²) in [6, 6.07) is 31.0. The van der Waals surface area contributed by atoms with Crippen LogP contribution in [0.15, 0.2) is 95.7 Å². The molecule has 0 saturated carbocycles. The van der Waals surface area contributed by atoms with Crippen molar-refractivity contribution in [3.05, 3.63) is 115 Å². The van der Waals surface area contributed by atoms with Crippen molar-refractivity contribution in [3.8, 4) is 22.5 Å². The summed E-state index contributed by atoms with van der Waals surface area (Å²) in [5.74, 6) is 0.148. The maximum Gasteiger partial charge on any atom is 0.124 e. The average Bonchev–Trinajstić information content (AvgIpc) is 3.31. The van der Waals surface area contributed by atoms with E-state index in [9.17, 15) is 4.39 Å². The van der Waals surface area contributed by atoms with Crippen LogP contribution < -0.4 is 5.19 Å². The van der Waals surface area contributed by atoms with Crippen molar-refractivity contribution < 1.29 is 28.9 Å². The smallest absolute Gasteiger partial charge is 0.124 e. The van der Waals surface area contributed by atoms with Crippen LogP contribution in [0.2, 0.25) is 19.6 Å². The van der Waals surface area contributed by atoms with Crippen LogP contribution in [0.5, 0.6) is 0 Å². The molecule has 0 N–H and O–H groups in total. The van der Waals surface area contributed by atoms with Gasteiger partial charge in [-0.15, -0.1) is 54.1 Å². The Morgan fingerprint density at radius 3 is 2.33 bits per heavy atom. The first kappa shape index (κ1) is 29.5. The monoisotopic (exact) mass is 723 g/mol. The van der Waals surface area contributed by atoms with Gasteiger partial charge >= 0.3 is 0 Å². The Hall–Kier alpha value is -3.44. The molecule has 0 bridgehead atoms. The Bertz CT molecular complexity index is 1730. The number of nitrogens with zero attached hydrogens (tertiary/aromatic N) is 2. The second-order valence-electron chi connectivity index (χ2n) is 10.9. The molecular formula is C34H31FIrN2OSi-2. The number of hydrogen-bond donors (Lipinski definition) is 0. The van der Waals surface area contributed by atoms with Crippen molar-refractivity contribution >= 4 is 35.2 Å². The van der Waals surface area contributed by atoms with Gasteiger partial charge in [-0.25, -0.2) is 4.39 Å². The molecule has 3 nitrogen and oxygen atoms in total. The second-order valence-corrected chi connectivity index (χ2v) is 16.0. The number of hydrogen-bond acceptors (Lipinski definition) is 3.